The van der Waals surface area contributed by atoms with Gasteiger partial charge in [-0.3, -0.25) is 9.59 Å². The average molecular weight is 366 g/mol. The highest BCUT2D eigenvalue weighted by atomic mass is 35.5. The summed E-state index contributed by atoms with van der Waals surface area (Å²) in [4.78, 5) is 22.3. The van der Waals surface area contributed by atoms with Crippen LogP contribution in [-0.2, 0) is 14.3 Å². The molecule has 8 heteroatoms. The molecule has 0 saturated heterocycles. The number of hydrogen-bond donors (Lipinski definition) is 2. The summed E-state index contributed by atoms with van der Waals surface area (Å²) < 4.78 is 4.87. The Morgan fingerprint density at radius 3 is 2.36 bits per heavy atom. The van der Waals surface area contributed by atoms with Gasteiger partial charge in [-0.2, -0.15) is 0 Å². The first-order valence-electron chi connectivity index (χ1n) is 6.39. The van der Waals surface area contributed by atoms with Crippen LogP contribution in [0.2, 0.25) is 0 Å². The van der Waals surface area contributed by atoms with Gasteiger partial charge in [0.15, 0.2) is 4.84 Å². The lowest BCUT2D eigenvalue weighted by molar-refractivity contribution is -0.143. The lowest BCUT2D eigenvalue weighted by Crippen LogP contribution is -2.45. The van der Waals surface area contributed by atoms with Crippen molar-refractivity contribution < 1.29 is 19.4 Å². The van der Waals surface area contributed by atoms with Gasteiger partial charge < -0.3 is 15.2 Å². The molecular weight excluding hydrogens is 349 g/mol. The number of aliphatic hydroxyl groups excluding tert-OH is 1. The van der Waals surface area contributed by atoms with Crippen LogP contribution >= 0.6 is 35.0 Å². The molecule has 1 aromatic carbocycles. The predicted molar refractivity (Wildman–Crippen MR) is 87.2 cm³/mol. The van der Waals surface area contributed by atoms with Crippen molar-refractivity contribution >= 4 is 46.8 Å². The zero-order valence-electron chi connectivity index (χ0n) is 12.1. The van der Waals surface area contributed by atoms with E-state index < -0.39 is 28.9 Å². The average Bonchev–Trinajstić information content (AvgIpc) is 2.50. The number of carbonyl (C=O) groups is 2. The van der Waals surface area contributed by atoms with Crippen LogP contribution in [0.5, 0.6) is 0 Å². The molecule has 0 bridgehead atoms. The highest BCUT2D eigenvalue weighted by Crippen LogP contribution is 2.22. The molecule has 0 saturated carbocycles. The Morgan fingerprint density at radius 1 is 1.32 bits per heavy atom. The molecule has 0 aliphatic heterocycles. The van der Waals surface area contributed by atoms with E-state index in [1.165, 1.54) is 6.92 Å². The zero-order valence-corrected chi connectivity index (χ0v) is 14.4. The summed E-state index contributed by atoms with van der Waals surface area (Å²) in [5, 5.41) is 12.9. The van der Waals surface area contributed by atoms with Crippen LogP contribution in [0.1, 0.15) is 18.6 Å². The fraction of sp³-hybridized carbons (Fsp3) is 0.429. The number of hydrogen-bond acceptors (Lipinski definition) is 5. The van der Waals surface area contributed by atoms with E-state index in [-0.39, 0.29) is 6.61 Å². The number of benzene rings is 1. The number of alkyl halides is 2. The molecule has 1 aromatic rings. The Hall–Kier alpha value is -0.950. The van der Waals surface area contributed by atoms with Gasteiger partial charge in [-0.15, -0.1) is 11.8 Å². The first-order valence-corrected chi connectivity index (χ1v) is 8.48. The molecule has 0 unspecified atom stereocenters. The summed E-state index contributed by atoms with van der Waals surface area (Å²) >= 11 is 12.5. The minimum Gasteiger partial charge on any atom is -0.464 e. The van der Waals surface area contributed by atoms with Crippen LogP contribution in [0.15, 0.2) is 29.2 Å². The molecular formula is C14H17Cl2NO4S. The summed E-state index contributed by atoms with van der Waals surface area (Å²) in [5.74, 6) is -1.18. The predicted octanol–water partition coefficient (Wildman–Crippen LogP) is 2.29. The molecule has 0 spiro atoms. The van der Waals surface area contributed by atoms with Gasteiger partial charge in [-0.1, -0.05) is 35.3 Å². The Balaban J connectivity index is 2.86. The molecule has 0 fully saturated rings. The van der Waals surface area contributed by atoms with E-state index in [1.54, 1.807) is 23.9 Å². The van der Waals surface area contributed by atoms with Crippen LogP contribution in [0.25, 0.3) is 0 Å². The van der Waals surface area contributed by atoms with Crippen LogP contribution in [-0.4, -0.2) is 40.7 Å². The van der Waals surface area contributed by atoms with Crippen molar-refractivity contribution in [1.82, 2.24) is 5.32 Å². The molecule has 22 heavy (non-hydrogen) atoms. The molecule has 1 rings (SSSR count). The topological polar surface area (TPSA) is 75.6 Å². The van der Waals surface area contributed by atoms with Crippen molar-refractivity contribution in [2.45, 2.75) is 28.8 Å². The first-order chi connectivity index (χ1) is 10.3. The largest absolute Gasteiger partial charge is 0.464 e. The van der Waals surface area contributed by atoms with Crippen LogP contribution in [0.4, 0.5) is 0 Å². The summed E-state index contributed by atoms with van der Waals surface area (Å²) in [6, 6.07) is 6.32. The number of esters is 1. The highest BCUT2D eigenvalue weighted by Gasteiger charge is 2.26. The third-order valence-corrected chi connectivity index (χ3v) is 3.97. The Morgan fingerprint density at radius 2 is 1.91 bits per heavy atom. The van der Waals surface area contributed by atoms with E-state index in [0.29, 0.717) is 5.56 Å². The normalized spacial score (nSPS) is 13.5. The Kier molecular flexibility index (Phi) is 8.03. The summed E-state index contributed by atoms with van der Waals surface area (Å²) in [6.45, 7) is 1.05. The zero-order chi connectivity index (χ0) is 16.7. The molecule has 2 atom stereocenters. The van der Waals surface area contributed by atoms with E-state index in [1.807, 2.05) is 18.4 Å². The van der Waals surface area contributed by atoms with E-state index in [0.717, 1.165) is 4.90 Å². The number of ether oxygens (including phenoxy) is 1. The number of carbonyl (C=O) groups excluding carboxylic acids is 2. The molecule has 5 nitrogen and oxygen atoms in total. The van der Waals surface area contributed by atoms with Crippen molar-refractivity contribution in [2.75, 3.05) is 12.9 Å². The van der Waals surface area contributed by atoms with E-state index >= 15 is 0 Å². The van der Waals surface area contributed by atoms with E-state index in [4.69, 9.17) is 27.9 Å². The number of amides is 1. The van der Waals surface area contributed by atoms with Crippen molar-refractivity contribution in [1.29, 1.82) is 0 Å². The lowest BCUT2D eigenvalue weighted by atomic mass is 10.0. The second-order valence-corrected chi connectivity index (χ2v) is 6.41. The van der Waals surface area contributed by atoms with Gasteiger partial charge >= 0.3 is 5.97 Å². The quantitative estimate of drug-likeness (QED) is 0.440. The molecule has 122 valence electrons. The minimum atomic E-state index is -1.27. The number of halogens is 2. The molecule has 0 aliphatic rings. The molecule has 0 radical (unpaired) electrons. The van der Waals surface area contributed by atoms with Gasteiger partial charge in [-0.05, 0) is 24.0 Å². The molecule has 0 aromatic heterocycles. The second-order valence-electron chi connectivity index (χ2n) is 4.44. The molecule has 1 amide bonds. The third kappa shape index (κ3) is 6.04. The van der Waals surface area contributed by atoms with Crippen molar-refractivity contribution in [3.05, 3.63) is 29.8 Å². The Labute approximate surface area is 143 Å². The monoisotopic (exact) mass is 365 g/mol. The smallest absolute Gasteiger partial charge is 0.302 e. The van der Waals surface area contributed by atoms with Gasteiger partial charge in [0.25, 0.3) is 5.91 Å². The standard InChI is InChI=1S/C14H17Cl2NO4S/c1-8(18)21-7-11(17-14(20)13(15)16)12(19)9-3-5-10(22-2)6-4-9/h3-6,11-13,19H,7H2,1-2H3,(H,17,20)/t11-,12-/m0/s1. The van der Waals surface area contributed by atoms with Gasteiger partial charge in [0.1, 0.15) is 12.7 Å². The van der Waals surface area contributed by atoms with Gasteiger partial charge in [-0.25, -0.2) is 0 Å². The molecule has 2 N–H and O–H groups in total. The first kappa shape index (κ1) is 19.1. The van der Waals surface area contributed by atoms with Crippen molar-refractivity contribution in [3.63, 3.8) is 0 Å². The summed E-state index contributed by atoms with van der Waals surface area (Å²) in [5.41, 5.74) is 0.580. The van der Waals surface area contributed by atoms with Crippen molar-refractivity contribution in [2.24, 2.45) is 0 Å². The fourth-order valence-corrected chi connectivity index (χ4v) is 2.23. The maximum Gasteiger partial charge on any atom is 0.302 e. The van der Waals surface area contributed by atoms with Crippen molar-refractivity contribution in [3.8, 4) is 0 Å². The number of nitrogens with one attached hydrogen (secondary N) is 1. The van der Waals surface area contributed by atoms with Crippen LogP contribution in [0, 0.1) is 0 Å². The lowest BCUT2D eigenvalue weighted by Gasteiger charge is -2.24. The van der Waals surface area contributed by atoms with Crippen LogP contribution < -0.4 is 5.32 Å². The van der Waals surface area contributed by atoms with Gasteiger partial charge in [0, 0.05) is 11.8 Å². The van der Waals surface area contributed by atoms with Gasteiger partial charge in [0.2, 0.25) is 0 Å². The number of thioether (sulfide) groups is 1. The third-order valence-electron chi connectivity index (χ3n) is 2.83. The fourth-order valence-electron chi connectivity index (χ4n) is 1.70. The summed E-state index contributed by atoms with van der Waals surface area (Å²) in [7, 11) is 0. The minimum absolute atomic E-state index is 0.187. The van der Waals surface area contributed by atoms with E-state index in [9.17, 15) is 14.7 Å². The maximum atomic E-state index is 11.6. The molecule has 0 heterocycles. The van der Waals surface area contributed by atoms with Crippen LogP contribution in [0.3, 0.4) is 0 Å². The van der Waals surface area contributed by atoms with E-state index in [2.05, 4.69) is 5.32 Å². The maximum absolute atomic E-state index is 11.6. The Bertz CT molecular complexity index is 510. The molecule has 0 aliphatic carbocycles. The highest BCUT2D eigenvalue weighted by molar-refractivity contribution is 7.98. The van der Waals surface area contributed by atoms with Gasteiger partial charge in [0.05, 0.1) is 6.04 Å². The second kappa shape index (κ2) is 9.25. The number of aliphatic hydroxyl groups is 1. The summed E-state index contributed by atoms with van der Waals surface area (Å²) in [6.07, 6.45) is 0.877. The number of rotatable bonds is 7. The SMILES string of the molecule is CSc1ccc([C@H](O)[C@H](COC(C)=O)NC(=O)C(Cl)Cl)cc1.